The summed E-state index contributed by atoms with van der Waals surface area (Å²) in [4.78, 5) is 58.1. The third-order valence-electron chi connectivity index (χ3n) is 7.26. The Morgan fingerprint density at radius 1 is 0.804 bits per heavy atom. The Kier molecular flexibility index (Phi) is 15.7. The standard InChI is InChI=1S/C34H50F2N6O4/c1-8-10-42(11-9-2)34(46)26-15-25(18-37-19-26)32(44)40-29(14-24-12-27(35)16-28(36)13-24)20-38-23(7)31(43)41-30(22(5)6)33(45)39-17-21(3)4/h12-13,15-16,18-19,21-23,29-30,38H,8-11,14,17,20H2,1-7H3,(H,39,45)(H,40,44)(H,41,43). The highest BCUT2D eigenvalue weighted by atomic mass is 19.1. The number of hydrogen-bond donors (Lipinski definition) is 4. The minimum atomic E-state index is -0.770. The maximum absolute atomic E-state index is 14.0. The van der Waals surface area contributed by atoms with Crippen molar-refractivity contribution < 1.29 is 28.0 Å². The van der Waals surface area contributed by atoms with Crippen LogP contribution in [0.4, 0.5) is 8.78 Å². The fourth-order valence-corrected chi connectivity index (χ4v) is 4.81. The number of amides is 4. The van der Waals surface area contributed by atoms with Crippen LogP contribution < -0.4 is 21.3 Å². The van der Waals surface area contributed by atoms with Crippen molar-refractivity contribution in [2.75, 3.05) is 26.2 Å². The van der Waals surface area contributed by atoms with Gasteiger partial charge in [0, 0.05) is 50.7 Å². The van der Waals surface area contributed by atoms with Crippen LogP contribution in [0.5, 0.6) is 0 Å². The van der Waals surface area contributed by atoms with E-state index < -0.39 is 41.6 Å². The second-order valence-electron chi connectivity index (χ2n) is 12.4. The zero-order valence-electron chi connectivity index (χ0n) is 28.1. The number of benzene rings is 1. The Labute approximate surface area is 271 Å². The Hall–Kier alpha value is -3.93. The molecule has 3 atom stereocenters. The molecule has 1 aromatic heterocycles. The molecule has 12 heteroatoms. The van der Waals surface area contributed by atoms with Gasteiger partial charge < -0.3 is 26.2 Å². The van der Waals surface area contributed by atoms with E-state index in [4.69, 9.17) is 0 Å². The van der Waals surface area contributed by atoms with Crippen molar-refractivity contribution in [3.8, 4) is 0 Å². The normalized spacial score (nSPS) is 13.2. The number of rotatable bonds is 18. The number of pyridine rings is 1. The fourth-order valence-electron chi connectivity index (χ4n) is 4.81. The van der Waals surface area contributed by atoms with Gasteiger partial charge in [-0.25, -0.2) is 8.78 Å². The van der Waals surface area contributed by atoms with Gasteiger partial charge in [-0.15, -0.1) is 0 Å². The van der Waals surface area contributed by atoms with Crippen LogP contribution in [-0.4, -0.2) is 77.8 Å². The number of nitrogens with zero attached hydrogens (tertiary/aromatic N) is 2. The van der Waals surface area contributed by atoms with Gasteiger partial charge in [0.25, 0.3) is 11.8 Å². The van der Waals surface area contributed by atoms with Crippen molar-refractivity contribution in [1.29, 1.82) is 0 Å². The summed E-state index contributed by atoms with van der Waals surface area (Å²) in [5.41, 5.74) is 0.728. The molecule has 4 amide bonds. The lowest BCUT2D eigenvalue weighted by Gasteiger charge is -2.26. The van der Waals surface area contributed by atoms with Crippen molar-refractivity contribution in [3.63, 3.8) is 0 Å². The molecule has 3 unspecified atom stereocenters. The molecule has 10 nitrogen and oxygen atoms in total. The maximum atomic E-state index is 14.0. The van der Waals surface area contributed by atoms with E-state index in [9.17, 15) is 28.0 Å². The van der Waals surface area contributed by atoms with Crippen molar-refractivity contribution in [2.24, 2.45) is 11.8 Å². The molecule has 4 N–H and O–H groups in total. The summed E-state index contributed by atoms with van der Waals surface area (Å²) in [6, 6.07) is 2.37. The van der Waals surface area contributed by atoms with Crippen molar-refractivity contribution in [2.45, 2.75) is 85.9 Å². The van der Waals surface area contributed by atoms with Gasteiger partial charge in [-0.1, -0.05) is 41.5 Å². The predicted octanol–water partition coefficient (Wildman–Crippen LogP) is 3.85. The first-order chi connectivity index (χ1) is 21.7. The molecule has 0 radical (unpaired) electrons. The van der Waals surface area contributed by atoms with E-state index in [2.05, 4.69) is 26.3 Å². The van der Waals surface area contributed by atoms with Gasteiger partial charge >= 0.3 is 0 Å². The van der Waals surface area contributed by atoms with E-state index in [1.807, 2.05) is 41.5 Å². The second-order valence-corrected chi connectivity index (χ2v) is 12.4. The minimum absolute atomic E-state index is 0.0425. The van der Waals surface area contributed by atoms with Crippen LogP contribution >= 0.6 is 0 Å². The second kappa shape index (κ2) is 18.9. The lowest BCUT2D eigenvalue weighted by molar-refractivity contribution is -0.131. The molecule has 46 heavy (non-hydrogen) atoms. The third kappa shape index (κ3) is 12.5. The number of hydrogen-bond acceptors (Lipinski definition) is 6. The molecule has 2 rings (SSSR count). The average molecular weight is 645 g/mol. The number of carbonyl (C=O) groups is 4. The molecule has 0 bridgehead atoms. The van der Waals surface area contributed by atoms with Gasteiger partial charge in [-0.3, -0.25) is 24.2 Å². The summed E-state index contributed by atoms with van der Waals surface area (Å²) in [6.45, 7) is 14.9. The molecular formula is C34H50F2N6O4. The van der Waals surface area contributed by atoms with Crippen LogP contribution in [0.25, 0.3) is 0 Å². The van der Waals surface area contributed by atoms with Crippen LogP contribution in [0.2, 0.25) is 0 Å². The van der Waals surface area contributed by atoms with Crippen molar-refractivity contribution in [1.82, 2.24) is 31.2 Å². The third-order valence-corrected chi connectivity index (χ3v) is 7.26. The van der Waals surface area contributed by atoms with E-state index in [0.29, 0.717) is 25.2 Å². The molecule has 1 aromatic carbocycles. The lowest BCUT2D eigenvalue weighted by atomic mass is 10.0. The topological polar surface area (TPSA) is 133 Å². The van der Waals surface area contributed by atoms with Gasteiger partial charge in [-0.05, 0) is 61.8 Å². The number of nitrogens with one attached hydrogen (secondary N) is 4. The van der Waals surface area contributed by atoms with E-state index in [0.717, 1.165) is 18.9 Å². The quantitative estimate of drug-likeness (QED) is 0.195. The Morgan fingerprint density at radius 2 is 1.41 bits per heavy atom. The Morgan fingerprint density at radius 3 is 1.98 bits per heavy atom. The summed E-state index contributed by atoms with van der Waals surface area (Å²) in [6.07, 6.45) is 4.37. The molecule has 0 fully saturated rings. The summed E-state index contributed by atoms with van der Waals surface area (Å²) in [5, 5.41) is 11.6. The maximum Gasteiger partial charge on any atom is 0.255 e. The largest absolute Gasteiger partial charge is 0.354 e. The molecular weight excluding hydrogens is 594 g/mol. The van der Waals surface area contributed by atoms with Gasteiger partial charge in [-0.2, -0.15) is 0 Å². The molecule has 0 aliphatic heterocycles. The first kappa shape index (κ1) is 38.3. The van der Waals surface area contributed by atoms with E-state index >= 15 is 0 Å². The molecule has 0 saturated carbocycles. The molecule has 0 aliphatic rings. The fraction of sp³-hybridized carbons (Fsp3) is 0.559. The minimum Gasteiger partial charge on any atom is -0.354 e. The summed E-state index contributed by atoms with van der Waals surface area (Å²) >= 11 is 0. The van der Waals surface area contributed by atoms with E-state index in [1.165, 1.54) is 30.6 Å². The van der Waals surface area contributed by atoms with Gasteiger partial charge in [0.05, 0.1) is 17.2 Å². The summed E-state index contributed by atoms with van der Waals surface area (Å²) in [7, 11) is 0. The summed E-state index contributed by atoms with van der Waals surface area (Å²) < 4.78 is 28.0. The van der Waals surface area contributed by atoms with E-state index in [1.54, 1.807) is 11.8 Å². The van der Waals surface area contributed by atoms with Gasteiger partial charge in [0.2, 0.25) is 11.8 Å². The van der Waals surface area contributed by atoms with Crippen LogP contribution in [0.15, 0.2) is 36.7 Å². The molecule has 0 saturated heterocycles. The monoisotopic (exact) mass is 644 g/mol. The van der Waals surface area contributed by atoms with Crippen LogP contribution in [0.3, 0.4) is 0 Å². The lowest BCUT2D eigenvalue weighted by Crippen LogP contribution is -2.55. The van der Waals surface area contributed by atoms with E-state index in [-0.39, 0.29) is 47.7 Å². The highest BCUT2D eigenvalue weighted by Gasteiger charge is 2.27. The smallest absolute Gasteiger partial charge is 0.255 e. The molecule has 2 aromatic rings. The Bertz CT molecular complexity index is 1300. The molecule has 254 valence electrons. The van der Waals surface area contributed by atoms with Crippen LogP contribution in [-0.2, 0) is 16.0 Å². The van der Waals surface area contributed by atoms with Crippen LogP contribution in [0.1, 0.15) is 87.6 Å². The van der Waals surface area contributed by atoms with Gasteiger partial charge in [0.1, 0.15) is 17.7 Å². The number of carbonyl (C=O) groups excluding carboxylic acids is 4. The average Bonchev–Trinajstić information content (AvgIpc) is 2.99. The van der Waals surface area contributed by atoms with Crippen molar-refractivity contribution >= 4 is 23.6 Å². The van der Waals surface area contributed by atoms with Crippen LogP contribution in [0, 0.1) is 23.5 Å². The number of aromatic nitrogens is 1. The first-order valence-corrected chi connectivity index (χ1v) is 16.1. The van der Waals surface area contributed by atoms with Crippen molar-refractivity contribution in [3.05, 3.63) is 65.0 Å². The Balaban J connectivity index is 2.21. The highest BCUT2D eigenvalue weighted by Crippen LogP contribution is 2.13. The zero-order chi connectivity index (χ0) is 34.4. The highest BCUT2D eigenvalue weighted by molar-refractivity contribution is 5.99. The zero-order valence-corrected chi connectivity index (χ0v) is 28.1. The van der Waals surface area contributed by atoms with Gasteiger partial charge in [0.15, 0.2) is 0 Å². The SMILES string of the molecule is CCCN(CCC)C(=O)c1cncc(C(=O)NC(CNC(C)C(=O)NC(C(=O)NCC(C)C)C(C)C)Cc2cc(F)cc(F)c2)c1. The number of halogens is 2. The predicted molar refractivity (Wildman–Crippen MR) is 174 cm³/mol. The molecule has 0 aliphatic carbocycles. The molecule has 1 heterocycles. The first-order valence-electron chi connectivity index (χ1n) is 16.1. The molecule has 0 spiro atoms. The summed E-state index contributed by atoms with van der Waals surface area (Å²) in [5.74, 6) is -2.87.